The maximum atomic E-state index is 12.8. The van der Waals surface area contributed by atoms with E-state index < -0.39 is 23.8 Å². The van der Waals surface area contributed by atoms with Gasteiger partial charge in [0.15, 0.2) is 23.0 Å². The third-order valence-electron chi connectivity index (χ3n) is 8.24. The lowest BCUT2D eigenvalue weighted by Gasteiger charge is -2.18. The summed E-state index contributed by atoms with van der Waals surface area (Å²) in [5, 5.41) is 18.3. The van der Waals surface area contributed by atoms with Gasteiger partial charge in [0.2, 0.25) is 11.8 Å². The van der Waals surface area contributed by atoms with Crippen LogP contribution in [0.5, 0.6) is 23.0 Å². The number of methoxy groups -OCH3 is 2. The molecule has 0 bridgehead atoms. The van der Waals surface area contributed by atoms with Crippen LogP contribution in [0, 0.1) is 18.8 Å². The fraction of sp³-hybridized carbons (Fsp3) is 0.500. The van der Waals surface area contributed by atoms with Gasteiger partial charge in [0.25, 0.3) is 0 Å². The van der Waals surface area contributed by atoms with Crippen molar-refractivity contribution in [1.29, 1.82) is 0 Å². The van der Waals surface area contributed by atoms with E-state index in [1.807, 2.05) is 19.1 Å². The molecule has 2 aliphatic heterocycles. The van der Waals surface area contributed by atoms with Crippen molar-refractivity contribution in [3.05, 3.63) is 44.4 Å². The Morgan fingerprint density at radius 1 is 0.778 bits per heavy atom. The Labute approximate surface area is 270 Å². The largest absolute Gasteiger partial charge is 0.493 e. The van der Waals surface area contributed by atoms with Gasteiger partial charge < -0.3 is 39.0 Å². The monoisotopic (exact) mass is 690 g/mol. The zero-order chi connectivity index (χ0) is 33.0. The molecule has 244 valence electrons. The van der Waals surface area contributed by atoms with Crippen molar-refractivity contribution < 1.29 is 48.3 Å². The van der Waals surface area contributed by atoms with Gasteiger partial charge in [0.1, 0.15) is 0 Å². The zero-order valence-electron chi connectivity index (χ0n) is 26.1. The number of halogens is 1. The normalized spacial score (nSPS) is 14.8. The number of aliphatic carboxylic acids is 2. The summed E-state index contributed by atoms with van der Waals surface area (Å²) in [5.41, 5.74) is 4.56. The lowest BCUT2D eigenvalue weighted by Crippen LogP contribution is -2.28. The summed E-state index contributed by atoms with van der Waals surface area (Å²) in [6, 6.07) is 3.71. The highest BCUT2D eigenvalue weighted by molar-refractivity contribution is 9.10. The molecule has 0 aromatic heterocycles. The standard InChI is InChI=1S/C32H39BrN2O10/c1-17(31(38)39)9-26(36)34-13-20-11-24(42-4)25(12-21(20)14-34)44-7-6-8-45-29-19(3)22-15-35(27(37)10-18(2)32(40)41)16-23(22)28(33)30(29)43-5/h11-12,17-18H,6-10,13-16H2,1-5H3,(H,38,39)(H,40,41)/t17-,18-/m0/s1. The Bertz CT molecular complexity index is 1490. The first kappa shape index (κ1) is 33.9. The fourth-order valence-corrected chi connectivity index (χ4v) is 6.18. The van der Waals surface area contributed by atoms with Gasteiger partial charge in [0.05, 0.1) is 43.7 Å². The van der Waals surface area contributed by atoms with Crippen LogP contribution in [0.1, 0.15) is 60.9 Å². The van der Waals surface area contributed by atoms with Crippen LogP contribution in [-0.2, 0) is 45.4 Å². The van der Waals surface area contributed by atoms with Crippen LogP contribution < -0.4 is 18.9 Å². The minimum Gasteiger partial charge on any atom is -0.493 e. The Morgan fingerprint density at radius 2 is 1.29 bits per heavy atom. The van der Waals surface area contributed by atoms with Crippen molar-refractivity contribution in [2.24, 2.45) is 11.8 Å². The van der Waals surface area contributed by atoms with Crippen LogP contribution in [0.15, 0.2) is 16.6 Å². The van der Waals surface area contributed by atoms with Crippen molar-refractivity contribution in [1.82, 2.24) is 9.80 Å². The lowest BCUT2D eigenvalue weighted by molar-refractivity contribution is -0.145. The molecule has 2 aromatic rings. The highest BCUT2D eigenvalue weighted by atomic mass is 79.9. The fourth-order valence-electron chi connectivity index (χ4n) is 5.48. The molecule has 2 aliphatic rings. The number of hydrogen-bond donors (Lipinski definition) is 2. The summed E-state index contributed by atoms with van der Waals surface area (Å²) in [4.78, 5) is 51.1. The highest BCUT2D eigenvalue weighted by Crippen LogP contribution is 2.46. The molecule has 0 saturated carbocycles. The number of ether oxygens (including phenoxy) is 4. The molecule has 4 rings (SSSR count). The second-order valence-electron chi connectivity index (χ2n) is 11.5. The van der Waals surface area contributed by atoms with Crippen molar-refractivity contribution in [3.63, 3.8) is 0 Å². The van der Waals surface area contributed by atoms with Crippen LogP contribution in [0.25, 0.3) is 0 Å². The van der Waals surface area contributed by atoms with Crippen molar-refractivity contribution in [3.8, 4) is 23.0 Å². The van der Waals surface area contributed by atoms with Gasteiger partial charge in [-0.05, 0) is 57.2 Å². The topological polar surface area (TPSA) is 152 Å². The van der Waals surface area contributed by atoms with Crippen LogP contribution in [-0.4, -0.2) is 71.2 Å². The molecule has 0 radical (unpaired) electrons. The molecule has 45 heavy (non-hydrogen) atoms. The molecule has 2 aromatic carbocycles. The number of nitrogens with zero attached hydrogens (tertiary/aromatic N) is 2. The quantitative estimate of drug-likeness (QED) is 0.271. The number of carbonyl (C=O) groups excluding carboxylic acids is 2. The first-order valence-electron chi connectivity index (χ1n) is 14.7. The van der Waals surface area contributed by atoms with Crippen LogP contribution in [0.2, 0.25) is 0 Å². The molecular formula is C32H39BrN2O10. The number of rotatable bonds is 14. The SMILES string of the molecule is COc1cc2c(cc1OCCCOc1c(C)c3c(c(Br)c1OC)CN(C(=O)C[C@H](C)C(=O)O)C3)CN(C(=O)C[C@H](C)C(=O)O)C2. The number of hydrogen-bond acceptors (Lipinski definition) is 8. The van der Waals surface area contributed by atoms with E-state index in [0.29, 0.717) is 73.3 Å². The Kier molecular flexibility index (Phi) is 10.8. The van der Waals surface area contributed by atoms with Gasteiger partial charge in [-0.3, -0.25) is 19.2 Å². The van der Waals surface area contributed by atoms with Gasteiger partial charge in [0, 0.05) is 51.0 Å². The minimum atomic E-state index is -1.00. The van der Waals surface area contributed by atoms with Gasteiger partial charge >= 0.3 is 11.9 Å². The summed E-state index contributed by atoms with van der Waals surface area (Å²) in [7, 11) is 3.10. The third-order valence-corrected chi connectivity index (χ3v) is 9.08. The smallest absolute Gasteiger partial charge is 0.306 e. The number of amides is 2. The number of benzene rings is 2. The molecule has 0 spiro atoms. The van der Waals surface area contributed by atoms with E-state index in [4.69, 9.17) is 24.1 Å². The van der Waals surface area contributed by atoms with E-state index >= 15 is 0 Å². The van der Waals surface area contributed by atoms with E-state index in [1.165, 1.54) is 13.8 Å². The second kappa shape index (κ2) is 14.4. The summed E-state index contributed by atoms with van der Waals surface area (Å²) >= 11 is 3.63. The highest BCUT2D eigenvalue weighted by Gasteiger charge is 2.33. The van der Waals surface area contributed by atoms with Crippen molar-refractivity contribution in [2.45, 2.75) is 66.2 Å². The number of carboxylic acid groups (broad SMARTS) is 2. The van der Waals surface area contributed by atoms with E-state index in [2.05, 4.69) is 15.9 Å². The molecule has 2 heterocycles. The molecule has 0 aliphatic carbocycles. The second-order valence-corrected chi connectivity index (χ2v) is 12.3. The Morgan fingerprint density at radius 3 is 1.82 bits per heavy atom. The predicted molar refractivity (Wildman–Crippen MR) is 165 cm³/mol. The number of carboxylic acids is 2. The van der Waals surface area contributed by atoms with Crippen molar-refractivity contribution >= 4 is 39.7 Å². The summed E-state index contributed by atoms with van der Waals surface area (Å²) in [6.45, 7) is 7.06. The number of carbonyl (C=O) groups is 4. The molecule has 2 amide bonds. The van der Waals surface area contributed by atoms with E-state index in [0.717, 1.165) is 27.8 Å². The molecule has 2 atom stereocenters. The van der Waals surface area contributed by atoms with Gasteiger partial charge in [-0.25, -0.2) is 0 Å². The van der Waals surface area contributed by atoms with Crippen molar-refractivity contribution in [2.75, 3.05) is 27.4 Å². The Balaban J connectivity index is 1.36. The molecule has 13 heteroatoms. The Hall–Kier alpha value is -4.00. The predicted octanol–water partition coefficient (Wildman–Crippen LogP) is 4.53. The lowest BCUT2D eigenvalue weighted by atomic mass is 10.0. The summed E-state index contributed by atoms with van der Waals surface area (Å²) in [6.07, 6.45) is 0.405. The maximum Gasteiger partial charge on any atom is 0.306 e. The minimum absolute atomic E-state index is 0.0582. The van der Waals surface area contributed by atoms with Crippen LogP contribution >= 0.6 is 15.9 Å². The van der Waals surface area contributed by atoms with E-state index in [-0.39, 0.29) is 24.7 Å². The van der Waals surface area contributed by atoms with Gasteiger partial charge in [-0.15, -0.1) is 0 Å². The zero-order valence-corrected chi connectivity index (χ0v) is 27.7. The average Bonchev–Trinajstić information content (AvgIpc) is 3.64. The number of fused-ring (bicyclic) bond motifs is 2. The van der Waals surface area contributed by atoms with Crippen LogP contribution in [0.4, 0.5) is 0 Å². The molecule has 0 saturated heterocycles. The van der Waals surface area contributed by atoms with Gasteiger partial charge in [-0.2, -0.15) is 0 Å². The third kappa shape index (κ3) is 7.46. The molecule has 2 N–H and O–H groups in total. The molecule has 0 unspecified atom stereocenters. The first-order chi connectivity index (χ1) is 21.4. The van der Waals surface area contributed by atoms with E-state index in [9.17, 15) is 24.3 Å². The molecule has 0 fully saturated rings. The maximum absolute atomic E-state index is 12.8. The average molecular weight is 692 g/mol. The molecular weight excluding hydrogens is 652 g/mol. The summed E-state index contributed by atoms with van der Waals surface area (Å²) < 4.78 is 24.1. The molecule has 12 nitrogen and oxygen atoms in total. The first-order valence-corrected chi connectivity index (χ1v) is 15.5. The van der Waals surface area contributed by atoms with E-state index in [1.54, 1.807) is 24.0 Å². The van der Waals surface area contributed by atoms with Crippen LogP contribution in [0.3, 0.4) is 0 Å². The van der Waals surface area contributed by atoms with Gasteiger partial charge in [-0.1, -0.05) is 13.8 Å². The summed E-state index contributed by atoms with van der Waals surface area (Å²) in [5.74, 6) is -1.78.